The molecule has 0 atom stereocenters. The van der Waals surface area contributed by atoms with Crippen LogP contribution in [0.1, 0.15) is 5.56 Å². The van der Waals surface area contributed by atoms with Gasteiger partial charge in [0, 0.05) is 18.8 Å². The Morgan fingerprint density at radius 3 is 2.57 bits per heavy atom. The molecular weight excluding hydrogens is 190 g/mol. The van der Waals surface area contributed by atoms with Gasteiger partial charge in [0.2, 0.25) is 0 Å². The third-order valence-electron chi connectivity index (χ3n) is 1.98. The first-order valence-corrected chi connectivity index (χ1v) is 5.44. The van der Waals surface area contributed by atoms with E-state index >= 15 is 0 Å². The average molecular weight is 207 g/mol. The second-order valence-electron chi connectivity index (χ2n) is 3.34. The molecule has 0 aromatic heterocycles. The van der Waals surface area contributed by atoms with Gasteiger partial charge in [0.1, 0.15) is 0 Å². The van der Waals surface area contributed by atoms with Crippen LogP contribution in [0.5, 0.6) is 0 Å². The Hall–Kier alpha value is -0.730. The third kappa shape index (κ3) is 4.49. The van der Waals surface area contributed by atoms with Crippen LogP contribution in [0, 0.1) is 0 Å². The maximum atomic E-state index is 4.12. The molecule has 1 rings (SSSR count). The van der Waals surface area contributed by atoms with E-state index in [-0.39, 0.29) is 0 Å². The first-order valence-electron chi connectivity index (χ1n) is 4.81. The highest BCUT2D eigenvalue weighted by atomic mass is 32.1. The number of thiol groups is 1. The molecule has 0 unspecified atom stereocenters. The SMILES string of the molecule is CN(CC=CCS)Cc1ccccc1. The molecule has 0 amide bonds. The largest absolute Gasteiger partial charge is 0.298 e. The van der Waals surface area contributed by atoms with Crippen LogP contribution in [0.2, 0.25) is 0 Å². The van der Waals surface area contributed by atoms with Gasteiger partial charge in [-0.15, -0.1) is 0 Å². The standard InChI is InChI=1S/C12H17NS/c1-13(9-5-6-10-14)11-12-7-3-2-4-8-12/h2-8,14H,9-11H2,1H3. The van der Waals surface area contributed by atoms with Crippen LogP contribution in [0.15, 0.2) is 42.5 Å². The van der Waals surface area contributed by atoms with Gasteiger partial charge in [0.25, 0.3) is 0 Å². The Bertz CT molecular complexity index is 269. The number of rotatable bonds is 5. The molecule has 76 valence electrons. The fourth-order valence-corrected chi connectivity index (χ4v) is 1.44. The molecule has 0 radical (unpaired) electrons. The van der Waals surface area contributed by atoms with Gasteiger partial charge in [-0.05, 0) is 12.6 Å². The van der Waals surface area contributed by atoms with E-state index in [1.165, 1.54) is 5.56 Å². The Kier molecular flexibility index (Phi) is 5.42. The predicted molar refractivity (Wildman–Crippen MR) is 65.8 cm³/mol. The number of hydrogen-bond acceptors (Lipinski definition) is 2. The molecule has 1 aromatic rings. The molecular formula is C12H17NS. The fourth-order valence-electron chi connectivity index (χ4n) is 1.29. The van der Waals surface area contributed by atoms with Crippen molar-refractivity contribution in [2.24, 2.45) is 0 Å². The monoisotopic (exact) mass is 207 g/mol. The van der Waals surface area contributed by atoms with Crippen LogP contribution >= 0.6 is 12.6 Å². The molecule has 0 aliphatic heterocycles. The zero-order valence-electron chi connectivity index (χ0n) is 8.56. The number of hydrogen-bond donors (Lipinski definition) is 1. The first-order chi connectivity index (χ1) is 6.83. The van der Waals surface area contributed by atoms with Crippen LogP contribution < -0.4 is 0 Å². The molecule has 0 bridgehead atoms. The molecule has 0 aliphatic rings. The molecule has 0 N–H and O–H groups in total. The smallest absolute Gasteiger partial charge is 0.0233 e. The first kappa shape index (κ1) is 11.3. The van der Waals surface area contributed by atoms with Crippen LogP contribution in [-0.4, -0.2) is 24.2 Å². The minimum atomic E-state index is 0.819. The highest BCUT2D eigenvalue weighted by Gasteiger charge is 1.96. The van der Waals surface area contributed by atoms with Crippen molar-refractivity contribution in [2.75, 3.05) is 19.3 Å². The van der Waals surface area contributed by atoms with Gasteiger partial charge in [0.15, 0.2) is 0 Å². The molecule has 14 heavy (non-hydrogen) atoms. The summed E-state index contributed by atoms with van der Waals surface area (Å²) < 4.78 is 0. The van der Waals surface area contributed by atoms with Gasteiger partial charge in [-0.3, -0.25) is 4.90 Å². The van der Waals surface area contributed by atoms with Gasteiger partial charge in [-0.1, -0.05) is 42.5 Å². The summed E-state index contributed by atoms with van der Waals surface area (Å²) in [7, 11) is 2.12. The molecule has 0 spiro atoms. The zero-order chi connectivity index (χ0) is 10.2. The summed E-state index contributed by atoms with van der Waals surface area (Å²) >= 11 is 4.12. The summed E-state index contributed by atoms with van der Waals surface area (Å²) in [6, 6.07) is 10.5. The van der Waals surface area contributed by atoms with Gasteiger partial charge >= 0.3 is 0 Å². The maximum absolute atomic E-state index is 4.12. The molecule has 0 saturated carbocycles. The van der Waals surface area contributed by atoms with E-state index in [4.69, 9.17) is 0 Å². The molecule has 1 nitrogen and oxygen atoms in total. The molecule has 0 fully saturated rings. The summed E-state index contributed by atoms with van der Waals surface area (Å²) in [4.78, 5) is 2.27. The van der Waals surface area contributed by atoms with E-state index in [0.717, 1.165) is 18.8 Å². The summed E-state index contributed by atoms with van der Waals surface area (Å²) in [6.45, 7) is 1.98. The van der Waals surface area contributed by atoms with Crippen LogP contribution in [0.4, 0.5) is 0 Å². The lowest BCUT2D eigenvalue weighted by Crippen LogP contribution is -2.17. The van der Waals surface area contributed by atoms with Crippen molar-refractivity contribution >= 4 is 12.6 Å². The van der Waals surface area contributed by atoms with E-state index in [0.29, 0.717) is 0 Å². The zero-order valence-corrected chi connectivity index (χ0v) is 9.45. The van der Waals surface area contributed by atoms with E-state index in [1.54, 1.807) is 0 Å². The Morgan fingerprint density at radius 2 is 1.93 bits per heavy atom. The summed E-state index contributed by atoms with van der Waals surface area (Å²) in [5.41, 5.74) is 1.36. The highest BCUT2D eigenvalue weighted by molar-refractivity contribution is 7.80. The molecule has 1 aromatic carbocycles. The number of benzene rings is 1. The average Bonchev–Trinajstić information content (AvgIpc) is 2.20. The lowest BCUT2D eigenvalue weighted by atomic mass is 10.2. The predicted octanol–water partition coefficient (Wildman–Crippen LogP) is 2.60. The molecule has 0 heterocycles. The van der Waals surface area contributed by atoms with E-state index in [9.17, 15) is 0 Å². The van der Waals surface area contributed by atoms with Crippen molar-refractivity contribution in [3.05, 3.63) is 48.0 Å². The topological polar surface area (TPSA) is 3.24 Å². The highest BCUT2D eigenvalue weighted by Crippen LogP contribution is 2.01. The van der Waals surface area contributed by atoms with Gasteiger partial charge in [0.05, 0.1) is 0 Å². The quantitative estimate of drug-likeness (QED) is 0.574. The Balaban J connectivity index is 2.34. The molecule has 2 heteroatoms. The second-order valence-corrected chi connectivity index (χ2v) is 3.70. The normalized spacial score (nSPS) is 11.4. The van der Waals surface area contributed by atoms with Crippen molar-refractivity contribution in [1.82, 2.24) is 4.90 Å². The van der Waals surface area contributed by atoms with Gasteiger partial charge < -0.3 is 0 Å². The van der Waals surface area contributed by atoms with Crippen molar-refractivity contribution in [2.45, 2.75) is 6.54 Å². The Morgan fingerprint density at radius 1 is 1.21 bits per heavy atom. The van der Waals surface area contributed by atoms with Crippen molar-refractivity contribution in [3.8, 4) is 0 Å². The maximum Gasteiger partial charge on any atom is 0.0233 e. The van der Waals surface area contributed by atoms with E-state index in [2.05, 4.69) is 61.0 Å². The van der Waals surface area contributed by atoms with Crippen LogP contribution in [-0.2, 0) is 6.54 Å². The fraction of sp³-hybridized carbons (Fsp3) is 0.333. The van der Waals surface area contributed by atoms with E-state index < -0.39 is 0 Å². The number of likely N-dealkylation sites (N-methyl/N-ethyl adjacent to an activating group) is 1. The molecule has 0 saturated heterocycles. The summed E-state index contributed by atoms with van der Waals surface area (Å²) in [5.74, 6) is 0.819. The van der Waals surface area contributed by atoms with E-state index in [1.807, 2.05) is 6.07 Å². The third-order valence-corrected chi connectivity index (χ3v) is 2.20. The van der Waals surface area contributed by atoms with Crippen molar-refractivity contribution in [3.63, 3.8) is 0 Å². The van der Waals surface area contributed by atoms with Gasteiger partial charge in [-0.2, -0.15) is 12.6 Å². The number of nitrogens with zero attached hydrogens (tertiary/aromatic N) is 1. The summed E-state index contributed by atoms with van der Waals surface area (Å²) in [5, 5.41) is 0. The molecule has 0 aliphatic carbocycles. The van der Waals surface area contributed by atoms with Crippen molar-refractivity contribution in [1.29, 1.82) is 0 Å². The lowest BCUT2D eigenvalue weighted by Gasteiger charge is -2.13. The lowest BCUT2D eigenvalue weighted by molar-refractivity contribution is 0.363. The van der Waals surface area contributed by atoms with Crippen LogP contribution in [0.3, 0.4) is 0 Å². The minimum Gasteiger partial charge on any atom is -0.298 e. The minimum absolute atomic E-state index is 0.819. The van der Waals surface area contributed by atoms with Crippen LogP contribution in [0.25, 0.3) is 0 Å². The second kappa shape index (κ2) is 6.68. The van der Waals surface area contributed by atoms with Gasteiger partial charge in [-0.25, -0.2) is 0 Å². The Labute approximate surface area is 91.8 Å². The van der Waals surface area contributed by atoms with Crippen molar-refractivity contribution < 1.29 is 0 Å². The summed E-state index contributed by atoms with van der Waals surface area (Å²) in [6.07, 6.45) is 4.22.